The highest BCUT2D eigenvalue weighted by atomic mass is 16.3. The van der Waals surface area contributed by atoms with Gasteiger partial charge >= 0.3 is 0 Å². The summed E-state index contributed by atoms with van der Waals surface area (Å²) in [7, 11) is 0. The maximum absolute atomic E-state index is 4.92. The van der Waals surface area contributed by atoms with Crippen molar-refractivity contribution < 1.29 is 4.42 Å². The minimum absolute atomic E-state index is 0.433. The molecule has 1 fully saturated rings. The Morgan fingerprint density at radius 2 is 2.55 bits per heavy atom. The Morgan fingerprint density at radius 3 is 3.18 bits per heavy atom. The highest BCUT2D eigenvalue weighted by Crippen LogP contribution is 2.20. The molecule has 1 aromatic heterocycles. The predicted molar refractivity (Wildman–Crippen MR) is 41.1 cm³/mol. The van der Waals surface area contributed by atoms with Gasteiger partial charge in [0.1, 0.15) is 6.26 Å². The highest BCUT2D eigenvalue weighted by Gasteiger charge is 2.16. The van der Waals surface area contributed by atoms with Crippen LogP contribution in [-0.4, -0.2) is 11.5 Å². The van der Waals surface area contributed by atoms with Gasteiger partial charge in [-0.3, -0.25) is 0 Å². The zero-order valence-corrected chi connectivity index (χ0v) is 6.42. The third kappa shape index (κ3) is 1.43. The number of piperidine rings is 1. The van der Waals surface area contributed by atoms with E-state index in [1.165, 1.54) is 25.7 Å². The Morgan fingerprint density at radius 1 is 1.55 bits per heavy atom. The quantitative estimate of drug-likeness (QED) is 0.662. The molecule has 1 atom stereocenters. The first kappa shape index (κ1) is 6.85. The SMILES string of the molecule is c1nc(C2CCCCN2)co1. The highest BCUT2D eigenvalue weighted by molar-refractivity contribution is 5.00. The molecule has 0 bridgehead atoms. The van der Waals surface area contributed by atoms with Gasteiger partial charge in [-0.25, -0.2) is 4.98 Å². The molecule has 2 rings (SSSR count). The number of nitrogens with zero attached hydrogens (tertiary/aromatic N) is 1. The molecule has 1 aromatic rings. The van der Waals surface area contributed by atoms with Gasteiger partial charge in [-0.2, -0.15) is 0 Å². The molecule has 0 amide bonds. The van der Waals surface area contributed by atoms with Gasteiger partial charge in [-0.1, -0.05) is 6.42 Å². The molecular weight excluding hydrogens is 140 g/mol. The third-order valence-corrected chi connectivity index (χ3v) is 2.12. The van der Waals surface area contributed by atoms with E-state index in [1.54, 1.807) is 6.26 Å². The molecule has 1 saturated heterocycles. The molecule has 0 saturated carbocycles. The number of nitrogens with one attached hydrogen (secondary N) is 1. The Kier molecular flexibility index (Phi) is 1.90. The summed E-state index contributed by atoms with van der Waals surface area (Å²) in [4.78, 5) is 4.11. The molecule has 3 heteroatoms. The predicted octanol–water partition coefficient (Wildman–Crippen LogP) is 1.49. The van der Waals surface area contributed by atoms with Crippen molar-refractivity contribution in [2.45, 2.75) is 25.3 Å². The average molecular weight is 152 g/mol. The smallest absolute Gasteiger partial charge is 0.180 e. The van der Waals surface area contributed by atoms with Crippen LogP contribution >= 0.6 is 0 Å². The lowest BCUT2D eigenvalue weighted by Gasteiger charge is -2.20. The van der Waals surface area contributed by atoms with Crippen LogP contribution in [0, 0.1) is 0 Å². The van der Waals surface area contributed by atoms with E-state index in [0.717, 1.165) is 12.2 Å². The topological polar surface area (TPSA) is 38.1 Å². The molecular formula is C8H12N2O. The van der Waals surface area contributed by atoms with Crippen molar-refractivity contribution in [1.82, 2.24) is 10.3 Å². The molecule has 0 spiro atoms. The van der Waals surface area contributed by atoms with Gasteiger partial charge in [0, 0.05) is 0 Å². The van der Waals surface area contributed by atoms with Gasteiger partial charge in [-0.05, 0) is 19.4 Å². The zero-order chi connectivity index (χ0) is 7.52. The van der Waals surface area contributed by atoms with Crippen LogP contribution in [0.3, 0.4) is 0 Å². The monoisotopic (exact) mass is 152 g/mol. The molecule has 1 N–H and O–H groups in total. The van der Waals surface area contributed by atoms with Gasteiger partial charge in [0.2, 0.25) is 0 Å². The Bertz CT molecular complexity index is 202. The van der Waals surface area contributed by atoms with Crippen LogP contribution in [0.4, 0.5) is 0 Å². The molecule has 0 aromatic carbocycles. The molecule has 1 aliphatic rings. The van der Waals surface area contributed by atoms with E-state index in [1.807, 2.05) is 0 Å². The lowest BCUT2D eigenvalue weighted by molar-refractivity contribution is 0.404. The molecule has 3 nitrogen and oxygen atoms in total. The second-order valence-electron chi connectivity index (χ2n) is 2.92. The van der Waals surface area contributed by atoms with E-state index in [9.17, 15) is 0 Å². The van der Waals surface area contributed by atoms with E-state index in [2.05, 4.69) is 10.3 Å². The van der Waals surface area contributed by atoms with Crippen molar-refractivity contribution in [1.29, 1.82) is 0 Å². The van der Waals surface area contributed by atoms with E-state index >= 15 is 0 Å². The van der Waals surface area contributed by atoms with Gasteiger partial charge in [-0.15, -0.1) is 0 Å². The van der Waals surface area contributed by atoms with Crippen LogP contribution in [0.5, 0.6) is 0 Å². The van der Waals surface area contributed by atoms with Crippen LogP contribution in [0.15, 0.2) is 17.1 Å². The second-order valence-corrected chi connectivity index (χ2v) is 2.92. The average Bonchev–Trinajstić information content (AvgIpc) is 2.58. The van der Waals surface area contributed by atoms with E-state index in [0.29, 0.717) is 6.04 Å². The maximum atomic E-state index is 4.92. The van der Waals surface area contributed by atoms with E-state index < -0.39 is 0 Å². The molecule has 1 unspecified atom stereocenters. The molecule has 11 heavy (non-hydrogen) atoms. The van der Waals surface area contributed by atoms with Crippen LogP contribution in [0.25, 0.3) is 0 Å². The molecule has 1 aliphatic heterocycles. The maximum Gasteiger partial charge on any atom is 0.180 e. The Balaban J connectivity index is 2.04. The molecule has 0 radical (unpaired) electrons. The van der Waals surface area contributed by atoms with Gasteiger partial charge < -0.3 is 9.73 Å². The first-order chi connectivity index (χ1) is 5.47. The van der Waals surface area contributed by atoms with Gasteiger partial charge in [0.25, 0.3) is 0 Å². The van der Waals surface area contributed by atoms with Crippen LogP contribution in [-0.2, 0) is 0 Å². The third-order valence-electron chi connectivity index (χ3n) is 2.12. The first-order valence-corrected chi connectivity index (χ1v) is 4.08. The summed E-state index contributed by atoms with van der Waals surface area (Å²) >= 11 is 0. The van der Waals surface area contributed by atoms with E-state index in [-0.39, 0.29) is 0 Å². The lowest BCUT2D eigenvalue weighted by atomic mass is 10.0. The summed E-state index contributed by atoms with van der Waals surface area (Å²) < 4.78 is 4.92. The largest absolute Gasteiger partial charge is 0.451 e. The molecule has 2 heterocycles. The summed E-state index contributed by atoms with van der Waals surface area (Å²) in [6, 6.07) is 0.433. The van der Waals surface area contributed by atoms with Crippen molar-refractivity contribution in [3.63, 3.8) is 0 Å². The lowest BCUT2D eigenvalue weighted by Crippen LogP contribution is -2.26. The summed E-state index contributed by atoms with van der Waals surface area (Å²) in [5.74, 6) is 0. The first-order valence-electron chi connectivity index (χ1n) is 4.08. The van der Waals surface area contributed by atoms with Gasteiger partial charge in [0.15, 0.2) is 6.39 Å². The number of aromatic nitrogens is 1. The summed E-state index contributed by atoms with van der Waals surface area (Å²) in [5.41, 5.74) is 1.05. The fourth-order valence-corrected chi connectivity index (χ4v) is 1.50. The fourth-order valence-electron chi connectivity index (χ4n) is 1.50. The standard InChI is InChI=1S/C8H12N2O/c1-2-4-9-7(3-1)8-5-11-6-10-8/h5-7,9H,1-4H2. The normalized spacial score (nSPS) is 25.3. The second kappa shape index (κ2) is 3.05. The van der Waals surface area contributed by atoms with Crippen molar-refractivity contribution in [2.24, 2.45) is 0 Å². The van der Waals surface area contributed by atoms with Crippen LogP contribution < -0.4 is 5.32 Å². The van der Waals surface area contributed by atoms with Crippen molar-refractivity contribution in [2.75, 3.05) is 6.54 Å². The van der Waals surface area contributed by atoms with Crippen LogP contribution in [0.1, 0.15) is 31.0 Å². The van der Waals surface area contributed by atoms with Crippen LogP contribution in [0.2, 0.25) is 0 Å². The fraction of sp³-hybridized carbons (Fsp3) is 0.625. The Labute approximate surface area is 65.8 Å². The zero-order valence-electron chi connectivity index (χ0n) is 6.42. The van der Waals surface area contributed by atoms with Crippen molar-refractivity contribution >= 4 is 0 Å². The van der Waals surface area contributed by atoms with Crippen molar-refractivity contribution in [3.8, 4) is 0 Å². The number of rotatable bonds is 1. The summed E-state index contributed by atoms with van der Waals surface area (Å²) in [5, 5.41) is 3.40. The van der Waals surface area contributed by atoms with Crippen molar-refractivity contribution in [3.05, 3.63) is 18.4 Å². The van der Waals surface area contributed by atoms with E-state index in [4.69, 9.17) is 4.42 Å². The summed E-state index contributed by atoms with van der Waals surface area (Å²) in [6.45, 7) is 1.11. The molecule has 0 aliphatic carbocycles. The Hall–Kier alpha value is -0.830. The minimum atomic E-state index is 0.433. The summed E-state index contributed by atoms with van der Waals surface area (Å²) in [6.07, 6.45) is 6.99. The van der Waals surface area contributed by atoms with Gasteiger partial charge in [0.05, 0.1) is 11.7 Å². The minimum Gasteiger partial charge on any atom is -0.451 e. The number of oxazole rings is 1. The number of hydrogen-bond donors (Lipinski definition) is 1. The number of hydrogen-bond acceptors (Lipinski definition) is 3. The molecule has 60 valence electrons.